The summed E-state index contributed by atoms with van der Waals surface area (Å²) in [5.41, 5.74) is 3.45. The number of rotatable bonds is 4. The van der Waals surface area contributed by atoms with Crippen LogP contribution in [-0.2, 0) is 10.8 Å². The second-order valence-electron chi connectivity index (χ2n) is 8.74. The lowest BCUT2D eigenvalue weighted by molar-refractivity contribution is 0.152. The van der Waals surface area contributed by atoms with Crippen molar-refractivity contribution in [3.8, 4) is 11.5 Å². The van der Waals surface area contributed by atoms with Crippen LogP contribution >= 0.6 is 0 Å². The van der Waals surface area contributed by atoms with Crippen molar-refractivity contribution in [3.05, 3.63) is 95.6 Å². The number of hydrogen-bond donors (Lipinski definition) is 0. The molecule has 3 aromatic rings. The molecule has 0 spiro atoms. The highest BCUT2D eigenvalue weighted by Crippen LogP contribution is 2.32. The first kappa shape index (κ1) is 20.7. The van der Waals surface area contributed by atoms with Gasteiger partial charge in [0.25, 0.3) is 0 Å². The molecule has 0 aliphatic heterocycles. The molecule has 0 heterocycles. The van der Waals surface area contributed by atoms with Crippen molar-refractivity contribution < 1.29 is 14.3 Å². The minimum Gasteiger partial charge on any atom is -0.395 e. The smallest absolute Gasteiger partial charge is 0.395 e. The Kier molecular flexibility index (Phi) is 5.78. The zero-order chi connectivity index (χ0) is 21.1. The van der Waals surface area contributed by atoms with Gasteiger partial charge < -0.3 is 9.47 Å². The summed E-state index contributed by atoms with van der Waals surface area (Å²) in [7, 11) is 0. The predicted octanol–water partition coefficient (Wildman–Crippen LogP) is 6.89. The van der Waals surface area contributed by atoms with Gasteiger partial charge in [-0.2, -0.15) is 0 Å². The van der Waals surface area contributed by atoms with Gasteiger partial charge in [0.15, 0.2) is 0 Å². The largest absolute Gasteiger partial charge is 0.519 e. The molecular formula is C26H28O3. The van der Waals surface area contributed by atoms with Crippen LogP contribution in [0.1, 0.15) is 51.3 Å². The van der Waals surface area contributed by atoms with Crippen molar-refractivity contribution in [2.75, 3.05) is 0 Å². The van der Waals surface area contributed by atoms with Crippen molar-refractivity contribution in [1.29, 1.82) is 0 Å². The number of ether oxygens (including phenoxy) is 2. The number of carbonyl (C=O) groups is 1. The van der Waals surface area contributed by atoms with Crippen LogP contribution in [0.3, 0.4) is 0 Å². The SMILES string of the molecule is CC(C)(C)c1ccc(OC(=O)Oc2ccc(C(C)(C)c3ccccc3)cc2)cc1. The molecule has 3 nitrogen and oxygen atoms in total. The third kappa shape index (κ3) is 5.05. The highest BCUT2D eigenvalue weighted by molar-refractivity contribution is 5.67. The van der Waals surface area contributed by atoms with E-state index < -0.39 is 6.16 Å². The molecule has 3 heteroatoms. The average molecular weight is 389 g/mol. The number of benzene rings is 3. The summed E-state index contributed by atoms with van der Waals surface area (Å²) in [5.74, 6) is 0.916. The van der Waals surface area contributed by atoms with Crippen LogP contribution in [-0.4, -0.2) is 6.16 Å². The quantitative estimate of drug-likeness (QED) is 0.361. The molecule has 0 N–H and O–H groups in total. The summed E-state index contributed by atoms with van der Waals surface area (Å²) in [6, 6.07) is 25.4. The normalized spacial score (nSPS) is 11.8. The molecule has 0 amide bonds. The van der Waals surface area contributed by atoms with Gasteiger partial charge in [0, 0.05) is 5.41 Å². The fourth-order valence-electron chi connectivity index (χ4n) is 3.20. The Bertz CT molecular complexity index is 948. The summed E-state index contributed by atoms with van der Waals surface area (Å²) < 4.78 is 10.6. The van der Waals surface area contributed by atoms with E-state index in [0.29, 0.717) is 11.5 Å². The molecule has 0 radical (unpaired) electrons. The topological polar surface area (TPSA) is 35.5 Å². The molecule has 0 aliphatic carbocycles. The third-order valence-electron chi connectivity index (χ3n) is 5.19. The van der Waals surface area contributed by atoms with Gasteiger partial charge in [-0.1, -0.05) is 89.2 Å². The summed E-state index contributed by atoms with van der Waals surface area (Å²) in [6.45, 7) is 10.8. The van der Waals surface area contributed by atoms with E-state index in [-0.39, 0.29) is 10.8 Å². The molecule has 0 atom stereocenters. The highest BCUT2D eigenvalue weighted by Gasteiger charge is 2.23. The Morgan fingerprint density at radius 3 is 1.45 bits per heavy atom. The maximum absolute atomic E-state index is 12.1. The summed E-state index contributed by atoms with van der Waals surface area (Å²) >= 11 is 0. The Balaban J connectivity index is 1.64. The lowest BCUT2D eigenvalue weighted by Crippen LogP contribution is -2.19. The maximum Gasteiger partial charge on any atom is 0.519 e. The Morgan fingerprint density at radius 2 is 1.00 bits per heavy atom. The van der Waals surface area contributed by atoms with Crippen LogP contribution in [0.15, 0.2) is 78.9 Å². The first-order chi connectivity index (χ1) is 13.7. The minimum absolute atomic E-state index is 0.0499. The minimum atomic E-state index is -0.747. The summed E-state index contributed by atoms with van der Waals surface area (Å²) in [6.07, 6.45) is -0.747. The fourth-order valence-corrected chi connectivity index (χ4v) is 3.20. The van der Waals surface area contributed by atoms with Crippen molar-refractivity contribution in [3.63, 3.8) is 0 Å². The Morgan fingerprint density at radius 1 is 0.586 bits per heavy atom. The molecule has 0 aromatic heterocycles. The lowest BCUT2D eigenvalue weighted by Gasteiger charge is -2.26. The fraction of sp³-hybridized carbons (Fsp3) is 0.269. The Hall–Kier alpha value is -3.07. The molecule has 0 bridgehead atoms. The van der Waals surface area contributed by atoms with E-state index in [9.17, 15) is 4.79 Å². The second kappa shape index (κ2) is 8.12. The first-order valence-corrected chi connectivity index (χ1v) is 9.82. The van der Waals surface area contributed by atoms with Crippen LogP contribution < -0.4 is 9.47 Å². The Labute approximate surface area is 173 Å². The van der Waals surface area contributed by atoms with Crippen LogP contribution in [0.2, 0.25) is 0 Å². The molecule has 0 saturated carbocycles. The van der Waals surface area contributed by atoms with Gasteiger partial charge in [0.2, 0.25) is 0 Å². The molecule has 0 unspecified atom stereocenters. The van der Waals surface area contributed by atoms with Gasteiger partial charge in [0.05, 0.1) is 0 Å². The standard InChI is InChI=1S/C26H28O3/c1-25(2,3)19-11-15-22(16-12-19)28-24(27)29-23-17-13-21(14-18-23)26(4,5)20-9-7-6-8-10-20/h6-18H,1-5H3. The van der Waals surface area contributed by atoms with Crippen molar-refractivity contribution >= 4 is 6.16 Å². The van der Waals surface area contributed by atoms with Crippen LogP contribution in [0, 0.1) is 0 Å². The van der Waals surface area contributed by atoms with E-state index >= 15 is 0 Å². The molecule has 0 fully saturated rings. The van der Waals surface area contributed by atoms with Gasteiger partial charge in [0.1, 0.15) is 11.5 Å². The van der Waals surface area contributed by atoms with Crippen LogP contribution in [0.4, 0.5) is 4.79 Å². The van der Waals surface area contributed by atoms with Gasteiger partial charge in [-0.05, 0) is 46.4 Å². The van der Waals surface area contributed by atoms with E-state index in [1.165, 1.54) is 11.1 Å². The van der Waals surface area contributed by atoms with E-state index in [4.69, 9.17) is 9.47 Å². The zero-order valence-corrected chi connectivity index (χ0v) is 17.7. The molecule has 0 aliphatic rings. The highest BCUT2D eigenvalue weighted by atomic mass is 16.7. The van der Waals surface area contributed by atoms with Crippen molar-refractivity contribution in [2.45, 2.75) is 45.4 Å². The van der Waals surface area contributed by atoms with Gasteiger partial charge in [-0.25, -0.2) is 4.79 Å². The van der Waals surface area contributed by atoms with Gasteiger partial charge in [-0.3, -0.25) is 0 Å². The maximum atomic E-state index is 12.1. The predicted molar refractivity (Wildman–Crippen MR) is 117 cm³/mol. The first-order valence-electron chi connectivity index (χ1n) is 9.82. The second-order valence-corrected chi connectivity index (χ2v) is 8.74. The lowest BCUT2D eigenvalue weighted by atomic mass is 9.78. The van der Waals surface area contributed by atoms with Crippen molar-refractivity contribution in [1.82, 2.24) is 0 Å². The molecule has 0 saturated heterocycles. The van der Waals surface area contributed by atoms with E-state index in [0.717, 1.165) is 5.56 Å². The van der Waals surface area contributed by atoms with Crippen LogP contribution in [0.5, 0.6) is 11.5 Å². The summed E-state index contributed by atoms with van der Waals surface area (Å²) in [5, 5.41) is 0. The molecule has 3 rings (SSSR count). The van der Waals surface area contributed by atoms with E-state index in [1.54, 1.807) is 24.3 Å². The third-order valence-corrected chi connectivity index (χ3v) is 5.19. The van der Waals surface area contributed by atoms with E-state index in [2.05, 4.69) is 46.8 Å². The zero-order valence-electron chi connectivity index (χ0n) is 17.7. The molecule has 29 heavy (non-hydrogen) atoms. The average Bonchev–Trinajstić information content (AvgIpc) is 2.69. The number of carbonyl (C=O) groups excluding carboxylic acids is 1. The van der Waals surface area contributed by atoms with Crippen LogP contribution in [0.25, 0.3) is 0 Å². The van der Waals surface area contributed by atoms with Crippen molar-refractivity contribution in [2.24, 2.45) is 0 Å². The number of hydrogen-bond acceptors (Lipinski definition) is 3. The van der Waals surface area contributed by atoms with Gasteiger partial charge in [-0.15, -0.1) is 0 Å². The summed E-state index contributed by atoms with van der Waals surface area (Å²) in [4.78, 5) is 12.1. The molecule has 3 aromatic carbocycles. The molecular weight excluding hydrogens is 360 g/mol. The monoisotopic (exact) mass is 388 g/mol. The molecule has 150 valence electrons. The van der Waals surface area contributed by atoms with Gasteiger partial charge >= 0.3 is 6.16 Å². The van der Waals surface area contributed by atoms with E-state index in [1.807, 2.05) is 42.5 Å².